The number of aliphatic hydroxyl groups excluding tert-OH is 2. The predicted molar refractivity (Wildman–Crippen MR) is 220 cm³/mol. The Labute approximate surface area is 338 Å². The Morgan fingerprint density at radius 3 is 2.46 bits per heavy atom. The van der Waals surface area contributed by atoms with Gasteiger partial charge in [-0.2, -0.15) is 0 Å². The molecule has 2 saturated carbocycles. The Hall–Kier alpha value is -4.19. The molecule has 6 rings (SSSR count). The number of carbonyl (C=O) groups is 2. The maximum atomic E-state index is 14.3. The van der Waals surface area contributed by atoms with Gasteiger partial charge in [-0.1, -0.05) is 67.4 Å². The van der Waals surface area contributed by atoms with Gasteiger partial charge in [0.1, 0.15) is 23.1 Å². The minimum atomic E-state index is -1.31. The summed E-state index contributed by atoms with van der Waals surface area (Å²) in [7, 11) is 0. The molecule has 3 N–H and O–H groups in total. The summed E-state index contributed by atoms with van der Waals surface area (Å²) >= 11 is 0. The number of benzene rings is 2. The van der Waals surface area contributed by atoms with Crippen LogP contribution in [-0.4, -0.2) is 76.6 Å². The lowest BCUT2D eigenvalue weighted by Gasteiger charge is -2.60. The summed E-state index contributed by atoms with van der Waals surface area (Å²) in [6.07, 6.45) is 11.0. The van der Waals surface area contributed by atoms with Crippen LogP contribution in [0.4, 0.5) is 4.79 Å². The van der Waals surface area contributed by atoms with Crippen molar-refractivity contribution in [3.63, 3.8) is 0 Å². The molecule has 2 aromatic rings. The van der Waals surface area contributed by atoms with Crippen LogP contribution in [0.3, 0.4) is 0 Å². The molecule has 3 aliphatic carbocycles. The van der Waals surface area contributed by atoms with Crippen molar-refractivity contribution < 1.29 is 38.9 Å². The van der Waals surface area contributed by atoms with Gasteiger partial charge in [-0.3, -0.25) is 4.79 Å². The van der Waals surface area contributed by atoms with Crippen LogP contribution in [0, 0.1) is 23.7 Å². The van der Waals surface area contributed by atoms with Crippen LogP contribution < -0.4 is 14.8 Å². The highest BCUT2D eigenvalue weighted by atomic mass is 16.7. The first-order chi connectivity index (χ1) is 27.5. The van der Waals surface area contributed by atoms with E-state index in [2.05, 4.69) is 24.9 Å². The molecule has 0 bridgehead atoms. The first-order valence-electron chi connectivity index (χ1n) is 21.1. The SMILES string of the molecule is C=CCO[C@@]12Oc3ccc(OC(=O)NCc4ccccc4)cc3[C@H]3[C@H](CCCCO)[C@@H](CCCCO)C=C(C(=NOC(C)(C)C)C[C@@H]1N(CCC)C(=O)C1CC1)[C@H]32. The van der Waals surface area contributed by atoms with Gasteiger partial charge >= 0.3 is 6.09 Å². The van der Waals surface area contributed by atoms with E-state index in [1.54, 1.807) is 12.1 Å². The summed E-state index contributed by atoms with van der Waals surface area (Å²) < 4.78 is 20.3. The third kappa shape index (κ3) is 9.92. The molecule has 11 nitrogen and oxygen atoms in total. The van der Waals surface area contributed by atoms with Crippen LogP contribution in [0.1, 0.15) is 109 Å². The summed E-state index contributed by atoms with van der Waals surface area (Å²) in [6.45, 7) is 13.3. The molecular formula is C46H63N3O8. The molecule has 4 aliphatic rings. The molecule has 2 aromatic carbocycles. The van der Waals surface area contributed by atoms with E-state index in [-0.39, 0.29) is 49.4 Å². The average molecular weight is 786 g/mol. The molecule has 2 fully saturated rings. The summed E-state index contributed by atoms with van der Waals surface area (Å²) in [5, 5.41) is 27.5. The van der Waals surface area contributed by atoms with Crippen LogP contribution in [0.25, 0.3) is 0 Å². The van der Waals surface area contributed by atoms with Gasteiger partial charge in [0.25, 0.3) is 0 Å². The lowest BCUT2D eigenvalue weighted by Crippen LogP contribution is -2.70. The van der Waals surface area contributed by atoms with E-state index in [4.69, 9.17) is 24.2 Å². The molecule has 0 aromatic heterocycles. The van der Waals surface area contributed by atoms with Crippen molar-refractivity contribution in [1.82, 2.24) is 10.2 Å². The van der Waals surface area contributed by atoms with E-state index < -0.39 is 29.4 Å². The zero-order chi connectivity index (χ0) is 40.6. The number of rotatable bonds is 19. The Morgan fingerprint density at radius 1 is 1.05 bits per heavy atom. The van der Waals surface area contributed by atoms with Crippen LogP contribution in [0.15, 0.2) is 78.0 Å². The molecule has 57 heavy (non-hydrogen) atoms. The minimum absolute atomic E-state index is 0.0240. The molecule has 0 saturated heterocycles. The molecule has 0 radical (unpaired) electrons. The van der Waals surface area contributed by atoms with Crippen LogP contribution >= 0.6 is 0 Å². The fourth-order valence-electron chi connectivity index (χ4n) is 9.04. The van der Waals surface area contributed by atoms with E-state index >= 15 is 0 Å². The van der Waals surface area contributed by atoms with E-state index in [0.29, 0.717) is 43.9 Å². The number of nitrogens with one attached hydrogen (secondary N) is 1. The van der Waals surface area contributed by atoms with Gasteiger partial charge in [-0.25, -0.2) is 4.79 Å². The maximum Gasteiger partial charge on any atom is 0.412 e. The summed E-state index contributed by atoms with van der Waals surface area (Å²) in [5.41, 5.74) is 3.04. The molecule has 6 atom stereocenters. The summed E-state index contributed by atoms with van der Waals surface area (Å²) in [4.78, 5) is 35.7. The van der Waals surface area contributed by atoms with Crippen LogP contribution in [0.5, 0.6) is 11.5 Å². The number of aliphatic hydroxyl groups is 2. The monoisotopic (exact) mass is 785 g/mol. The van der Waals surface area contributed by atoms with Gasteiger partial charge in [0.05, 0.1) is 18.2 Å². The third-order valence-corrected chi connectivity index (χ3v) is 11.6. The van der Waals surface area contributed by atoms with Gasteiger partial charge in [0.15, 0.2) is 0 Å². The van der Waals surface area contributed by atoms with Crippen molar-refractivity contribution in [3.05, 3.63) is 84.0 Å². The molecule has 2 amide bonds. The molecule has 0 spiro atoms. The zero-order valence-corrected chi connectivity index (χ0v) is 34.3. The first-order valence-corrected chi connectivity index (χ1v) is 21.1. The second-order valence-electron chi connectivity index (χ2n) is 17.0. The Balaban J connectivity index is 1.52. The topological polar surface area (TPSA) is 139 Å². The lowest BCUT2D eigenvalue weighted by molar-refractivity contribution is -0.257. The van der Waals surface area contributed by atoms with Crippen molar-refractivity contribution in [2.24, 2.45) is 28.8 Å². The normalized spacial score (nSPS) is 25.7. The summed E-state index contributed by atoms with van der Waals surface area (Å²) in [5.74, 6) is -0.706. The van der Waals surface area contributed by atoms with Gasteiger partial charge in [-0.15, -0.1) is 6.58 Å². The van der Waals surface area contributed by atoms with Gasteiger partial charge in [0.2, 0.25) is 11.7 Å². The maximum absolute atomic E-state index is 14.3. The Kier molecular flexibility index (Phi) is 14.2. The smallest absolute Gasteiger partial charge is 0.412 e. The second kappa shape index (κ2) is 19.0. The number of hydrogen-bond donors (Lipinski definition) is 3. The Bertz CT molecular complexity index is 1750. The van der Waals surface area contributed by atoms with Crippen molar-refractivity contribution in [1.29, 1.82) is 0 Å². The van der Waals surface area contributed by atoms with E-state index in [1.165, 1.54) is 0 Å². The highest BCUT2D eigenvalue weighted by Gasteiger charge is 2.65. The van der Waals surface area contributed by atoms with Gasteiger partial charge < -0.3 is 39.5 Å². The molecule has 310 valence electrons. The molecule has 1 heterocycles. The predicted octanol–water partition coefficient (Wildman–Crippen LogP) is 8.06. The van der Waals surface area contributed by atoms with E-state index in [1.807, 2.05) is 68.1 Å². The summed E-state index contributed by atoms with van der Waals surface area (Å²) in [6, 6.07) is 14.7. The number of carbonyl (C=O) groups excluding carboxylic acids is 2. The number of fused-ring (bicyclic) bond motifs is 2. The molecule has 0 unspecified atom stereocenters. The zero-order valence-electron chi connectivity index (χ0n) is 34.3. The lowest BCUT2D eigenvalue weighted by atomic mass is 9.55. The highest BCUT2D eigenvalue weighted by Crippen LogP contribution is 2.62. The van der Waals surface area contributed by atoms with Crippen molar-refractivity contribution in [3.8, 4) is 11.5 Å². The molecular weight excluding hydrogens is 723 g/mol. The van der Waals surface area contributed by atoms with E-state index in [0.717, 1.165) is 67.4 Å². The number of amides is 2. The van der Waals surface area contributed by atoms with E-state index in [9.17, 15) is 19.8 Å². The van der Waals surface area contributed by atoms with Crippen molar-refractivity contribution in [2.45, 2.75) is 122 Å². The van der Waals surface area contributed by atoms with Crippen LogP contribution in [0.2, 0.25) is 0 Å². The number of allylic oxidation sites excluding steroid dienone is 1. The molecule has 11 heteroatoms. The number of unbranched alkanes of at least 4 members (excludes halogenated alkanes) is 2. The van der Waals surface area contributed by atoms with Crippen molar-refractivity contribution >= 4 is 17.7 Å². The Morgan fingerprint density at radius 2 is 1.79 bits per heavy atom. The quantitative estimate of drug-likeness (QED) is 0.0739. The number of ether oxygens (including phenoxy) is 3. The number of oxime groups is 1. The van der Waals surface area contributed by atoms with Crippen molar-refractivity contribution in [2.75, 3.05) is 26.4 Å². The number of nitrogens with zero attached hydrogens (tertiary/aromatic N) is 2. The van der Waals surface area contributed by atoms with Gasteiger partial charge in [-0.05, 0) is 107 Å². The van der Waals surface area contributed by atoms with Gasteiger partial charge in [0, 0.05) is 50.1 Å². The van der Waals surface area contributed by atoms with Crippen LogP contribution in [-0.2, 0) is 20.9 Å². The highest BCUT2D eigenvalue weighted by molar-refractivity contribution is 6.03. The number of hydrogen-bond acceptors (Lipinski definition) is 9. The second-order valence-corrected chi connectivity index (χ2v) is 17.0. The fourth-order valence-corrected chi connectivity index (χ4v) is 9.04. The standard InChI is InChI=1S/C46H63N3O8/c1-6-23-49(43(52)32-19-20-32)40-29-38(48-57-45(3,4)5)36-27-33(17-11-13-24-50)35(18-12-14-25-51)41-37-28-34(55-44(53)47-30-31-15-9-8-10-16-31)21-22-39(37)56-46(40,42(36)41)54-26-7-2/h7-10,15-16,21-22,27-28,32-33,35,40-42,50-51H,2,6,11-14,17-20,23-26,29-30H2,1,3-5H3,(H,47,53)/t33-,35+,40-,41+,42+,46+/m0/s1. The fraction of sp³-hybridized carbons (Fsp3) is 0.587. The first kappa shape index (κ1) is 42.4. The minimum Gasteiger partial charge on any atom is -0.459 e. The average Bonchev–Trinajstić information content (AvgIpc) is 4.05. The third-order valence-electron chi connectivity index (χ3n) is 11.6. The largest absolute Gasteiger partial charge is 0.459 e. The molecule has 1 aliphatic heterocycles.